The fourth-order valence-corrected chi connectivity index (χ4v) is 0.518. The number of benzene rings is 1. The van der Waals surface area contributed by atoms with Crippen molar-refractivity contribution in [1.82, 2.24) is 0 Å². The molecule has 1 radical (unpaired) electrons. The van der Waals surface area contributed by atoms with Crippen LogP contribution >= 0.6 is 0 Å². The fourth-order valence-electron chi connectivity index (χ4n) is 0.518. The summed E-state index contributed by atoms with van der Waals surface area (Å²) in [6.45, 7) is 3.71. The summed E-state index contributed by atoms with van der Waals surface area (Å²) in [7, 11) is 2.75. The summed E-state index contributed by atoms with van der Waals surface area (Å²) in [4.78, 5) is 0. The molecule has 11 heavy (non-hydrogen) atoms. The molecular formula is C8H12N2Y-2. The molecule has 0 bridgehead atoms. The van der Waals surface area contributed by atoms with Crippen LogP contribution in [0, 0.1) is 14.0 Å². The molecule has 1 aromatic rings. The monoisotopic (exact) mass is 225 g/mol. The average molecular weight is 225 g/mol. The van der Waals surface area contributed by atoms with Gasteiger partial charge in [0.05, 0.1) is 0 Å². The van der Waals surface area contributed by atoms with E-state index in [2.05, 4.69) is 19.7 Å². The molecule has 0 amide bonds. The van der Waals surface area contributed by atoms with E-state index in [1.165, 1.54) is 0 Å². The maximum atomic E-state index is 5.40. The van der Waals surface area contributed by atoms with Crippen molar-refractivity contribution in [3.05, 3.63) is 43.8 Å². The first kappa shape index (κ1) is 13.5. The van der Waals surface area contributed by atoms with Crippen molar-refractivity contribution in [3.8, 4) is 0 Å². The molecule has 0 aliphatic rings. The fraction of sp³-hybridized carbons (Fsp3) is 0. The minimum absolute atomic E-state index is 0. The number of hydrogen-bond donors (Lipinski definition) is 2. The van der Waals surface area contributed by atoms with E-state index in [1.54, 1.807) is 0 Å². The molecule has 3 heteroatoms. The smallest absolute Gasteiger partial charge is 0.00678 e. The van der Waals surface area contributed by atoms with Crippen LogP contribution in [0.25, 0.3) is 0 Å². The molecule has 0 unspecified atom stereocenters. The largest absolute Gasteiger partial charge is 0.486 e. The third kappa shape index (κ3) is 6.36. The van der Waals surface area contributed by atoms with Crippen molar-refractivity contribution < 1.29 is 32.7 Å². The van der Waals surface area contributed by atoms with Gasteiger partial charge in [0, 0.05) is 38.4 Å². The standard InChI is InChI=1S/C7H8N.CH4N.Y/c1-6-2-4-7(8)5-3-6;1-2;/h2-5H,1,8H2;1-2H2;/q2*-1;. The molecule has 59 valence electrons. The van der Waals surface area contributed by atoms with Gasteiger partial charge >= 0.3 is 0 Å². The molecule has 0 saturated heterocycles. The van der Waals surface area contributed by atoms with Crippen LogP contribution in [-0.4, -0.2) is 0 Å². The first-order chi connectivity index (χ1) is 4.79. The molecule has 1 aromatic carbocycles. The number of hydrogen-bond acceptors (Lipinski definition) is 2. The summed E-state index contributed by atoms with van der Waals surface area (Å²) in [5.41, 5.74) is 11.4. The Labute approximate surface area is 93.2 Å². The minimum atomic E-state index is 0. The zero-order chi connectivity index (χ0) is 7.98. The number of rotatable bonds is 0. The van der Waals surface area contributed by atoms with E-state index >= 15 is 0 Å². The van der Waals surface area contributed by atoms with Gasteiger partial charge in [0.1, 0.15) is 0 Å². The number of nitrogen functional groups attached to an aromatic ring is 1. The van der Waals surface area contributed by atoms with Gasteiger partial charge in [0.2, 0.25) is 0 Å². The van der Waals surface area contributed by atoms with Crippen LogP contribution < -0.4 is 11.5 Å². The molecule has 0 atom stereocenters. The summed E-state index contributed by atoms with van der Waals surface area (Å²) in [5.74, 6) is 0. The van der Waals surface area contributed by atoms with Gasteiger partial charge in [0.25, 0.3) is 0 Å². The van der Waals surface area contributed by atoms with Gasteiger partial charge in [-0.05, 0) is 0 Å². The van der Waals surface area contributed by atoms with Gasteiger partial charge < -0.3 is 11.5 Å². The normalized spacial score (nSPS) is 7.09. The van der Waals surface area contributed by atoms with Crippen LogP contribution in [0.3, 0.4) is 0 Å². The maximum absolute atomic E-state index is 5.40. The van der Waals surface area contributed by atoms with E-state index in [-0.39, 0.29) is 32.7 Å². The molecule has 4 N–H and O–H groups in total. The van der Waals surface area contributed by atoms with Crippen molar-refractivity contribution in [2.45, 2.75) is 0 Å². The number of nitrogens with two attached hydrogens (primary N) is 2. The van der Waals surface area contributed by atoms with E-state index in [0.29, 0.717) is 0 Å². The van der Waals surface area contributed by atoms with Crippen LogP contribution in [0.5, 0.6) is 0 Å². The van der Waals surface area contributed by atoms with Crippen molar-refractivity contribution >= 4 is 5.69 Å². The van der Waals surface area contributed by atoms with Gasteiger partial charge in [-0.25, -0.2) is 0 Å². The van der Waals surface area contributed by atoms with Gasteiger partial charge in [-0.15, -0.1) is 0 Å². The summed E-state index contributed by atoms with van der Waals surface area (Å²) < 4.78 is 0. The van der Waals surface area contributed by atoms with Gasteiger partial charge in [-0.2, -0.15) is 24.6 Å². The predicted molar refractivity (Wildman–Crippen MR) is 44.9 cm³/mol. The molecule has 2 nitrogen and oxygen atoms in total. The molecule has 0 aromatic heterocycles. The van der Waals surface area contributed by atoms with Crippen molar-refractivity contribution in [2.24, 2.45) is 5.73 Å². The van der Waals surface area contributed by atoms with E-state index < -0.39 is 0 Å². The van der Waals surface area contributed by atoms with Gasteiger partial charge in [-0.1, -0.05) is 12.1 Å². The molecule has 1 rings (SSSR count). The quantitative estimate of drug-likeness (QED) is 0.514. The van der Waals surface area contributed by atoms with E-state index in [1.807, 2.05) is 24.3 Å². The second-order valence-corrected chi connectivity index (χ2v) is 1.74. The molecule has 0 fully saturated rings. The molecule has 0 heterocycles. The van der Waals surface area contributed by atoms with Crippen molar-refractivity contribution in [2.75, 3.05) is 5.73 Å². The van der Waals surface area contributed by atoms with Crippen LogP contribution in [-0.2, 0) is 32.7 Å². The Hall–Kier alpha value is -0.0461. The summed E-state index contributed by atoms with van der Waals surface area (Å²) in [5, 5.41) is 0. The van der Waals surface area contributed by atoms with Crippen LogP contribution in [0.4, 0.5) is 5.69 Å². The first-order valence-electron chi connectivity index (χ1n) is 2.87. The second-order valence-electron chi connectivity index (χ2n) is 1.74. The first-order valence-corrected chi connectivity index (χ1v) is 2.87. The Morgan fingerprint density at radius 3 is 1.64 bits per heavy atom. The van der Waals surface area contributed by atoms with Gasteiger partial charge in [0.15, 0.2) is 0 Å². The predicted octanol–water partition coefficient (Wildman–Crippen LogP) is 1.19. The van der Waals surface area contributed by atoms with E-state index in [0.717, 1.165) is 11.3 Å². The Balaban J connectivity index is 0. The topological polar surface area (TPSA) is 52.0 Å². The third-order valence-electron chi connectivity index (χ3n) is 0.980. The zero-order valence-electron chi connectivity index (χ0n) is 6.46. The van der Waals surface area contributed by atoms with Crippen LogP contribution in [0.15, 0.2) is 24.3 Å². The Bertz CT molecular complexity index is 151. The van der Waals surface area contributed by atoms with Crippen molar-refractivity contribution in [3.63, 3.8) is 0 Å². The van der Waals surface area contributed by atoms with Crippen LogP contribution in [0.1, 0.15) is 5.56 Å². The summed E-state index contributed by atoms with van der Waals surface area (Å²) >= 11 is 0. The minimum Gasteiger partial charge on any atom is -0.486 e. The molecule has 0 spiro atoms. The van der Waals surface area contributed by atoms with Crippen molar-refractivity contribution in [1.29, 1.82) is 0 Å². The molecule has 0 saturated carbocycles. The average Bonchev–Trinajstić information content (AvgIpc) is 2.00. The molecule has 0 aliphatic carbocycles. The molecular weight excluding hydrogens is 213 g/mol. The Morgan fingerprint density at radius 1 is 1.00 bits per heavy atom. The maximum Gasteiger partial charge on any atom is 0.00678 e. The second kappa shape index (κ2) is 8.05. The Kier molecular flexibility index (Phi) is 9.91. The van der Waals surface area contributed by atoms with Crippen LogP contribution in [0.2, 0.25) is 0 Å². The van der Waals surface area contributed by atoms with E-state index in [4.69, 9.17) is 5.73 Å². The summed E-state index contributed by atoms with van der Waals surface area (Å²) in [6.07, 6.45) is 0. The molecule has 0 aliphatic heterocycles. The van der Waals surface area contributed by atoms with Gasteiger partial charge in [-0.3, -0.25) is 7.05 Å². The SMILES string of the molecule is [CH2-]N.[CH2-]c1ccc(N)cc1.[Y]. The summed E-state index contributed by atoms with van der Waals surface area (Å²) in [6, 6.07) is 7.44. The Morgan fingerprint density at radius 2 is 1.36 bits per heavy atom. The third-order valence-corrected chi connectivity index (χ3v) is 0.980. The number of anilines is 1. The van der Waals surface area contributed by atoms with E-state index in [9.17, 15) is 0 Å². The zero-order valence-corrected chi connectivity index (χ0v) is 9.29.